The molecule has 1 saturated carbocycles. The normalized spacial score (nSPS) is 25.9. The van der Waals surface area contributed by atoms with Crippen LogP contribution in [0.1, 0.15) is 18.6 Å². The molecule has 1 aromatic heterocycles. The van der Waals surface area contributed by atoms with Crippen LogP contribution in [0.15, 0.2) is 33.2 Å². The van der Waals surface area contributed by atoms with E-state index in [4.69, 9.17) is 24.8 Å². The van der Waals surface area contributed by atoms with Crippen molar-refractivity contribution >= 4 is 45.2 Å². The highest BCUT2D eigenvalue weighted by Gasteiger charge is 2.67. The summed E-state index contributed by atoms with van der Waals surface area (Å²) in [5.41, 5.74) is 0.664. The Hall–Kier alpha value is -2.47. The maximum Gasteiger partial charge on any atom is 0.335 e. The lowest BCUT2D eigenvalue weighted by atomic mass is 10.1. The van der Waals surface area contributed by atoms with E-state index in [1.807, 2.05) is 30.1 Å². The van der Waals surface area contributed by atoms with Crippen LogP contribution in [0, 0.1) is 5.92 Å². The number of piperidine rings is 1. The third kappa shape index (κ3) is 4.18. The highest BCUT2D eigenvalue weighted by atomic mass is 79.9. The van der Waals surface area contributed by atoms with Crippen LogP contribution in [-0.4, -0.2) is 75.5 Å². The molecule has 1 saturated heterocycles. The summed E-state index contributed by atoms with van der Waals surface area (Å²) in [6, 6.07) is 8.39. The molecule has 0 bridgehead atoms. The zero-order valence-electron chi connectivity index (χ0n) is 16.6. The monoisotopic (exact) mass is 498 g/mol. The van der Waals surface area contributed by atoms with Crippen molar-refractivity contribution in [2.75, 3.05) is 13.6 Å². The number of aliphatic hydroxyl groups excluding tert-OH is 2. The predicted molar refractivity (Wildman–Crippen MR) is 111 cm³/mol. The Balaban J connectivity index is 0.000000233. The number of likely N-dealkylation sites (tertiary alicyclic amines) is 1. The topological polar surface area (TPSA) is 161 Å². The Bertz CT molecular complexity index is 977. The number of hydrogen-bond acceptors (Lipinski definition) is 7. The lowest BCUT2D eigenvalue weighted by Crippen LogP contribution is -2.42. The maximum absolute atomic E-state index is 11.6. The van der Waals surface area contributed by atoms with Gasteiger partial charge in [-0.2, -0.15) is 0 Å². The molecule has 4 rings (SSSR count). The van der Waals surface area contributed by atoms with Crippen molar-refractivity contribution < 1.29 is 39.2 Å². The molecule has 10 nitrogen and oxygen atoms in total. The summed E-state index contributed by atoms with van der Waals surface area (Å²) in [6.07, 6.45) is -1.46. The van der Waals surface area contributed by atoms with Gasteiger partial charge in [0.05, 0.1) is 4.47 Å². The quantitative estimate of drug-likeness (QED) is 0.346. The lowest BCUT2D eigenvalue weighted by Gasteiger charge is -2.29. The van der Waals surface area contributed by atoms with Gasteiger partial charge in [-0.15, -0.1) is 0 Å². The minimum atomic E-state index is -2.27. The fraction of sp³-hybridized carbons (Fsp3) is 0.450. The van der Waals surface area contributed by atoms with Crippen molar-refractivity contribution in [3.63, 3.8) is 0 Å². The number of furan rings is 1. The van der Waals surface area contributed by atoms with Crippen molar-refractivity contribution in [3.8, 4) is 0 Å². The average Bonchev–Trinajstić information content (AvgIpc) is 3.12. The van der Waals surface area contributed by atoms with E-state index in [2.05, 4.69) is 27.3 Å². The molecule has 168 valence electrons. The van der Waals surface area contributed by atoms with Gasteiger partial charge in [0.25, 0.3) is 0 Å². The minimum absolute atomic E-state index is 0.207. The van der Waals surface area contributed by atoms with Crippen molar-refractivity contribution in [3.05, 3.63) is 34.5 Å². The molecule has 1 aliphatic heterocycles. The van der Waals surface area contributed by atoms with Gasteiger partial charge in [0.15, 0.2) is 12.2 Å². The second-order valence-electron chi connectivity index (χ2n) is 7.62. The average molecular weight is 499 g/mol. The molecular weight excluding hydrogens is 476 g/mol. The molecule has 1 aromatic carbocycles. The Morgan fingerprint density at radius 3 is 2.48 bits per heavy atom. The molecule has 0 radical (unpaired) electrons. The highest BCUT2D eigenvalue weighted by molar-refractivity contribution is 9.10. The number of amides is 1. The summed E-state index contributed by atoms with van der Waals surface area (Å²) < 4.78 is 7.08. The van der Waals surface area contributed by atoms with Crippen LogP contribution < -0.4 is 5.32 Å². The number of nitrogens with one attached hydrogen (secondary N) is 1. The molecule has 2 heterocycles. The van der Waals surface area contributed by atoms with E-state index in [1.54, 1.807) is 0 Å². The summed E-state index contributed by atoms with van der Waals surface area (Å²) in [4.78, 5) is 33.2. The number of carbonyl (C=O) groups excluding carboxylic acids is 1. The molecular formula is C20H23BrN2O8. The molecule has 31 heavy (non-hydrogen) atoms. The largest absolute Gasteiger partial charge is 0.479 e. The summed E-state index contributed by atoms with van der Waals surface area (Å²) in [5.74, 6) is -2.08. The number of rotatable bonds is 7. The molecule has 1 amide bonds. The van der Waals surface area contributed by atoms with Crippen LogP contribution in [0.2, 0.25) is 0 Å². The SMILES string of the molecule is CNCC1CC2CC2(c2cc3cccc(Br)c3o2)N1C=O.O=C(O)C(O)C(O)C(=O)O. The van der Waals surface area contributed by atoms with E-state index in [0.717, 1.165) is 47.0 Å². The Morgan fingerprint density at radius 2 is 1.97 bits per heavy atom. The summed E-state index contributed by atoms with van der Waals surface area (Å²) >= 11 is 3.53. The number of hydrogen-bond donors (Lipinski definition) is 5. The molecule has 2 aromatic rings. The number of benzene rings is 1. The first-order chi connectivity index (χ1) is 14.7. The van der Waals surface area contributed by atoms with Gasteiger partial charge in [0.1, 0.15) is 16.9 Å². The first kappa shape index (κ1) is 23.2. The predicted octanol–water partition coefficient (Wildman–Crippen LogP) is 0.738. The molecule has 11 heteroatoms. The number of aliphatic hydroxyl groups is 2. The van der Waals surface area contributed by atoms with Gasteiger partial charge >= 0.3 is 11.9 Å². The van der Waals surface area contributed by atoms with E-state index in [9.17, 15) is 14.4 Å². The van der Waals surface area contributed by atoms with E-state index in [0.29, 0.717) is 5.92 Å². The van der Waals surface area contributed by atoms with Crippen molar-refractivity contribution in [1.82, 2.24) is 10.2 Å². The van der Waals surface area contributed by atoms with Crippen LogP contribution in [0.25, 0.3) is 11.0 Å². The standard InChI is InChI=1S/C16H17BrN2O2.C4H6O6/c1-18-8-12-6-11-7-16(11,19(12)9-20)14-5-10-3-2-4-13(17)15(10)21-14;5-1(3(7)8)2(6)4(9)10/h2-5,9,11-12,18H,6-8H2,1H3;1-2,5-6H,(H,7,8)(H,9,10). The van der Waals surface area contributed by atoms with Gasteiger partial charge < -0.3 is 35.1 Å². The zero-order chi connectivity index (χ0) is 22.9. The van der Waals surface area contributed by atoms with Gasteiger partial charge in [-0.25, -0.2) is 9.59 Å². The van der Waals surface area contributed by atoms with Crippen LogP contribution in [0.3, 0.4) is 0 Å². The highest BCUT2D eigenvalue weighted by Crippen LogP contribution is 2.64. The Kier molecular flexibility index (Phi) is 6.70. The van der Waals surface area contributed by atoms with Gasteiger partial charge in [-0.05, 0) is 53.9 Å². The van der Waals surface area contributed by atoms with Crippen LogP contribution in [-0.2, 0) is 19.9 Å². The van der Waals surface area contributed by atoms with Crippen molar-refractivity contribution in [2.24, 2.45) is 5.92 Å². The number of nitrogens with zero attached hydrogens (tertiary/aromatic N) is 1. The Morgan fingerprint density at radius 1 is 1.32 bits per heavy atom. The molecule has 2 fully saturated rings. The minimum Gasteiger partial charge on any atom is -0.479 e. The second-order valence-corrected chi connectivity index (χ2v) is 8.47. The number of likely N-dealkylation sites (N-methyl/N-ethyl adjacent to an activating group) is 1. The maximum atomic E-state index is 11.6. The van der Waals surface area contributed by atoms with Crippen molar-refractivity contribution in [1.29, 1.82) is 0 Å². The van der Waals surface area contributed by atoms with Crippen LogP contribution >= 0.6 is 15.9 Å². The van der Waals surface area contributed by atoms with Crippen molar-refractivity contribution in [2.45, 2.75) is 36.6 Å². The first-order valence-electron chi connectivity index (χ1n) is 9.56. The number of aliphatic carboxylic acids is 2. The van der Waals surface area contributed by atoms with E-state index in [1.165, 1.54) is 0 Å². The molecule has 1 aliphatic carbocycles. The van der Waals surface area contributed by atoms with Gasteiger partial charge in [-0.1, -0.05) is 12.1 Å². The van der Waals surface area contributed by atoms with Gasteiger partial charge in [-0.3, -0.25) is 4.79 Å². The first-order valence-corrected chi connectivity index (χ1v) is 10.3. The Labute approximate surface area is 185 Å². The van der Waals surface area contributed by atoms with Crippen LogP contribution in [0.5, 0.6) is 0 Å². The molecule has 2 aliphatic rings. The van der Waals surface area contributed by atoms with E-state index >= 15 is 0 Å². The molecule has 0 spiro atoms. The zero-order valence-corrected chi connectivity index (χ0v) is 18.2. The summed E-state index contributed by atoms with van der Waals surface area (Å²) in [7, 11) is 1.93. The second kappa shape index (κ2) is 8.95. The third-order valence-corrected chi connectivity index (χ3v) is 6.39. The fourth-order valence-electron chi connectivity index (χ4n) is 4.22. The lowest BCUT2D eigenvalue weighted by molar-refractivity contribution is -0.165. The van der Waals surface area contributed by atoms with Crippen LogP contribution in [0.4, 0.5) is 0 Å². The molecule has 5 N–H and O–H groups in total. The number of carbonyl (C=O) groups is 3. The summed E-state index contributed by atoms with van der Waals surface area (Å²) in [5, 5.41) is 36.8. The molecule has 5 atom stereocenters. The van der Waals surface area contributed by atoms with E-state index < -0.39 is 24.1 Å². The number of halogens is 1. The smallest absolute Gasteiger partial charge is 0.335 e. The fourth-order valence-corrected chi connectivity index (χ4v) is 4.68. The number of carboxylic acid groups (broad SMARTS) is 2. The third-order valence-electron chi connectivity index (χ3n) is 5.76. The number of carboxylic acids is 2. The molecule has 5 unspecified atom stereocenters. The van der Waals surface area contributed by atoms with E-state index in [-0.39, 0.29) is 11.6 Å². The van der Waals surface area contributed by atoms with Gasteiger partial charge in [0, 0.05) is 18.0 Å². The number of para-hydroxylation sites is 1. The number of fused-ring (bicyclic) bond motifs is 2. The summed E-state index contributed by atoms with van der Waals surface area (Å²) in [6.45, 7) is 0.834. The van der Waals surface area contributed by atoms with Gasteiger partial charge in [0.2, 0.25) is 6.41 Å².